The van der Waals surface area contributed by atoms with Crippen LogP contribution in [0, 0.1) is 5.82 Å². The fourth-order valence-corrected chi connectivity index (χ4v) is 3.55. The van der Waals surface area contributed by atoms with Crippen molar-refractivity contribution in [3.63, 3.8) is 0 Å². The summed E-state index contributed by atoms with van der Waals surface area (Å²) in [6.07, 6.45) is 3.19. The molecule has 6 nitrogen and oxygen atoms in total. The number of rotatable bonds is 5. The zero-order valence-corrected chi connectivity index (χ0v) is 14.9. The quantitative estimate of drug-likeness (QED) is 0.557. The minimum Gasteiger partial charge on any atom is -0.357 e. The molecule has 2 N–H and O–H groups in total. The van der Waals surface area contributed by atoms with E-state index in [1.54, 1.807) is 30.5 Å². The second kappa shape index (κ2) is 7.16. The number of H-pyrrole nitrogens is 1. The highest BCUT2D eigenvalue weighted by atomic mass is 32.1. The number of fused-ring (bicyclic) bond motifs is 1. The second-order valence-electron chi connectivity index (χ2n) is 5.94. The van der Waals surface area contributed by atoms with Gasteiger partial charge in [0.25, 0.3) is 11.5 Å². The number of hydrogen-bond donors (Lipinski definition) is 2. The highest BCUT2D eigenvalue weighted by molar-refractivity contribution is 7.17. The van der Waals surface area contributed by atoms with Crippen molar-refractivity contribution in [3.8, 4) is 11.1 Å². The van der Waals surface area contributed by atoms with Crippen LogP contribution in [0.1, 0.15) is 10.5 Å². The molecule has 0 spiro atoms. The minimum atomic E-state index is -0.308. The van der Waals surface area contributed by atoms with E-state index >= 15 is 0 Å². The molecule has 3 heterocycles. The maximum Gasteiger partial charge on any atom is 0.271 e. The van der Waals surface area contributed by atoms with Gasteiger partial charge in [0, 0.05) is 19.3 Å². The fraction of sp³-hybridized carbons (Fsp3) is 0.105. The summed E-state index contributed by atoms with van der Waals surface area (Å²) in [5.74, 6) is -0.584. The number of carbonyl (C=O) groups excluding carboxylic acids is 1. The molecule has 0 aliphatic carbocycles. The van der Waals surface area contributed by atoms with E-state index in [9.17, 15) is 14.0 Å². The monoisotopic (exact) mass is 382 g/mol. The molecule has 0 aliphatic rings. The zero-order valence-electron chi connectivity index (χ0n) is 14.1. The first-order valence-corrected chi connectivity index (χ1v) is 9.15. The van der Waals surface area contributed by atoms with Gasteiger partial charge < -0.3 is 10.3 Å². The van der Waals surface area contributed by atoms with Gasteiger partial charge in [-0.1, -0.05) is 12.1 Å². The van der Waals surface area contributed by atoms with Crippen LogP contribution in [0.5, 0.6) is 0 Å². The van der Waals surface area contributed by atoms with Crippen LogP contribution in [0.2, 0.25) is 0 Å². The highest BCUT2D eigenvalue weighted by Gasteiger charge is 2.10. The molecule has 8 heteroatoms. The lowest BCUT2D eigenvalue weighted by molar-refractivity contribution is 0.0948. The summed E-state index contributed by atoms with van der Waals surface area (Å²) in [5.41, 5.74) is 2.58. The molecule has 0 aliphatic heterocycles. The van der Waals surface area contributed by atoms with Crippen LogP contribution in [0.3, 0.4) is 0 Å². The van der Waals surface area contributed by atoms with Crippen LogP contribution in [-0.2, 0) is 6.54 Å². The Balaban J connectivity index is 1.40. The van der Waals surface area contributed by atoms with Crippen LogP contribution in [0.15, 0.2) is 59.1 Å². The Bertz CT molecular complexity index is 1160. The SMILES string of the molecule is O=C(NCCn1cnc2ccsc2c1=O)c1cc(-c2ccc(F)cc2)c[nH]1. The van der Waals surface area contributed by atoms with Crippen LogP contribution in [0.4, 0.5) is 4.39 Å². The van der Waals surface area contributed by atoms with Gasteiger partial charge in [-0.2, -0.15) is 0 Å². The predicted octanol–water partition coefficient (Wildman–Crippen LogP) is 3.02. The number of hydrogen-bond acceptors (Lipinski definition) is 4. The molecule has 1 aromatic carbocycles. The molecule has 136 valence electrons. The number of aromatic nitrogens is 3. The van der Waals surface area contributed by atoms with E-state index in [1.807, 2.05) is 5.38 Å². The van der Waals surface area contributed by atoms with Crippen LogP contribution in [0.25, 0.3) is 21.3 Å². The first-order chi connectivity index (χ1) is 13.1. The Hall–Kier alpha value is -3.26. The first kappa shape index (κ1) is 17.2. The Labute approximate surface area is 157 Å². The fourth-order valence-electron chi connectivity index (χ4n) is 2.76. The average molecular weight is 382 g/mol. The lowest BCUT2D eigenvalue weighted by Gasteiger charge is -2.06. The van der Waals surface area contributed by atoms with E-state index in [0.717, 1.165) is 11.1 Å². The Morgan fingerprint density at radius 3 is 2.85 bits per heavy atom. The standard InChI is InChI=1S/C19H15FN4O2S/c20-14-3-1-12(2-4-14)13-9-16(22-10-13)18(25)21-6-7-24-11-23-15-5-8-27-17(15)19(24)26/h1-5,8-11,22H,6-7H2,(H,21,25). The molecule has 0 atom stereocenters. The summed E-state index contributed by atoms with van der Waals surface area (Å²) >= 11 is 1.35. The Kier molecular flexibility index (Phi) is 4.55. The summed E-state index contributed by atoms with van der Waals surface area (Å²) in [6, 6.07) is 9.56. The normalized spacial score (nSPS) is 11.0. The summed E-state index contributed by atoms with van der Waals surface area (Å²) in [5, 5.41) is 4.60. The summed E-state index contributed by atoms with van der Waals surface area (Å²) in [6.45, 7) is 0.624. The largest absolute Gasteiger partial charge is 0.357 e. The highest BCUT2D eigenvalue weighted by Crippen LogP contribution is 2.20. The number of benzene rings is 1. The van der Waals surface area contributed by atoms with E-state index in [4.69, 9.17) is 0 Å². The van der Waals surface area contributed by atoms with Gasteiger partial charge in [0.05, 0.1) is 11.8 Å². The average Bonchev–Trinajstić information content (AvgIpc) is 3.34. The second-order valence-corrected chi connectivity index (χ2v) is 6.86. The maximum absolute atomic E-state index is 13.0. The third-order valence-corrected chi connectivity index (χ3v) is 5.07. The molecule has 3 aromatic heterocycles. The molecule has 0 saturated carbocycles. The Morgan fingerprint density at radius 2 is 2.04 bits per heavy atom. The number of aromatic amines is 1. The predicted molar refractivity (Wildman–Crippen MR) is 102 cm³/mol. The summed E-state index contributed by atoms with van der Waals surface area (Å²) in [7, 11) is 0. The number of nitrogens with zero attached hydrogens (tertiary/aromatic N) is 2. The van der Waals surface area contributed by atoms with E-state index in [-0.39, 0.29) is 17.3 Å². The topological polar surface area (TPSA) is 79.8 Å². The van der Waals surface area contributed by atoms with Crippen molar-refractivity contribution in [2.45, 2.75) is 6.54 Å². The number of amides is 1. The molecule has 0 unspecified atom stereocenters. The van der Waals surface area contributed by atoms with Crippen LogP contribution >= 0.6 is 11.3 Å². The van der Waals surface area contributed by atoms with Gasteiger partial charge in [-0.25, -0.2) is 9.37 Å². The molecular formula is C19H15FN4O2S. The van der Waals surface area contributed by atoms with E-state index in [0.29, 0.717) is 29.0 Å². The molecule has 0 fully saturated rings. The van der Waals surface area contributed by atoms with Gasteiger partial charge in [-0.05, 0) is 40.8 Å². The van der Waals surface area contributed by atoms with Crippen molar-refractivity contribution >= 4 is 27.5 Å². The number of carbonyl (C=O) groups is 1. The van der Waals surface area contributed by atoms with E-state index < -0.39 is 0 Å². The summed E-state index contributed by atoms with van der Waals surface area (Å²) in [4.78, 5) is 31.7. The van der Waals surface area contributed by atoms with Crippen molar-refractivity contribution < 1.29 is 9.18 Å². The molecule has 0 bridgehead atoms. The third-order valence-electron chi connectivity index (χ3n) is 4.18. The van der Waals surface area contributed by atoms with Gasteiger partial charge in [0.15, 0.2) is 0 Å². The number of halogens is 1. The molecule has 0 radical (unpaired) electrons. The smallest absolute Gasteiger partial charge is 0.271 e. The lowest BCUT2D eigenvalue weighted by atomic mass is 10.1. The third kappa shape index (κ3) is 3.52. The van der Waals surface area contributed by atoms with E-state index in [1.165, 1.54) is 34.4 Å². The number of nitrogens with one attached hydrogen (secondary N) is 2. The van der Waals surface area contributed by atoms with Gasteiger partial charge in [-0.3, -0.25) is 14.2 Å². The van der Waals surface area contributed by atoms with Crippen molar-refractivity contribution in [3.05, 3.63) is 76.2 Å². The zero-order chi connectivity index (χ0) is 18.8. The first-order valence-electron chi connectivity index (χ1n) is 8.27. The molecule has 4 rings (SSSR count). The summed E-state index contributed by atoms with van der Waals surface area (Å²) < 4.78 is 15.1. The van der Waals surface area contributed by atoms with Crippen LogP contribution in [-0.4, -0.2) is 27.0 Å². The minimum absolute atomic E-state index is 0.109. The maximum atomic E-state index is 13.0. The van der Waals surface area contributed by atoms with Crippen molar-refractivity contribution in [1.29, 1.82) is 0 Å². The van der Waals surface area contributed by atoms with Crippen LogP contribution < -0.4 is 10.9 Å². The molecular weight excluding hydrogens is 367 g/mol. The number of thiophene rings is 1. The van der Waals surface area contributed by atoms with Gasteiger partial charge in [0.2, 0.25) is 0 Å². The van der Waals surface area contributed by atoms with Gasteiger partial charge >= 0.3 is 0 Å². The molecule has 4 aromatic rings. The van der Waals surface area contributed by atoms with E-state index in [2.05, 4.69) is 15.3 Å². The van der Waals surface area contributed by atoms with Crippen molar-refractivity contribution in [2.24, 2.45) is 0 Å². The van der Waals surface area contributed by atoms with Crippen molar-refractivity contribution in [2.75, 3.05) is 6.54 Å². The van der Waals surface area contributed by atoms with Crippen molar-refractivity contribution in [1.82, 2.24) is 19.9 Å². The molecule has 0 saturated heterocycles. The van der Waals surface area contributed by atoms with Gasteiger partial charge in [0.1, 0.15) is 16.2 Å². The van der Waals surface area contributed by atoms with Gasteiger partial charge in [-0.15, -0.1) is 11.3 Å². The lowest BCUT2D eigenvalue weighted by Crippen LogP contribution is -2.30. The molecule has 1 amide bonds. The molecule has 27 heavy (non-hydrogen) atoms. The Morgan fingerprint density at radius 1 is 1.22 bits per heavy atom.